The number of ether oxygens (including phenoxy) is 3. The summed E-state index contributed by atoms with van der Waals surface area (Å²) in [5, 5.41) is 0. The minimum Gasteiger partial charge on any atom is -0.466 e. The van der Waals surface area contributed by atoms with Gasteiger partial charge in [0.15, 0.2) is 5.78 Å². The molecule has 1 aliphatic carbocycles. The van der Waals surface area contributed by atoms with E-state index >= 15 is 0 Å². The number of nitrogens with two attached hydrogens (primary N) is 1. The molecule has 0 radical (unpaired) electrons. The van der Waals surface area contributed by atoms with Gasteiger partial charge in [0.25, 0.3) is 0 Å². The lowest BCUT2D eigenvalue weighted by atomic mass is 9.97. The fourth-order valence-electron chi connectivity index (χ4n) is 2.84. The number of esters is 2. The third kappa shape index (κ3) is 5.11. The fraction of sp³-hybridized carbons (Fsp3) is 0.500. The van der Waals surface area contributed by atoms with Gasteiger partial charge in [0.2, 0.25) is 0 Å². The Morgan fingerprint density at radius 3 is 2.52 bits per heavy atom. The maximum absolute atomic E-state index is 12.5. The molecule has 0 saturated carbocycles. The first-order valence-electron chi connectivity index (χ1n) is 8.16. The van der Waals surface area contributed by atoms with Crippen LogP contribution >= 0.6 is 0 Å². The maximum Gasteiger partial charge on any atom is 0.337 e. The molecule has 2 N–H and O–H groups in total. The van der Waals surface area contributed by atoms with Crippen LogP contribution in [0.1, 0.15) is 32.1 Å². The van der Waals surface area contributed by atoms with Gasteiger partial charge in [-0.05, 0) is 43.4 Å². The van der Waals surface area contributed by atoms with Crippen molar-refractivity contribution in [1.29, 1.82) is 0 Å². The van der Waals surface area contributed by atoms with E-state index in [1.54, 1.807) is 18.2 Å². The number of allylic oxidation sites excluding steroid dienone is 3. The molecule has 7 heteroatoms. The Kier molecular flexibility index (Phi) is 6.66. The Morgan fingerprint density at radius 1 is 1.16 bits per heavy atom. The number of Topliss-reactive ketones (excluding diaryl/α,β-unsaturated/α-hetero) is 1. The standard InChI is InChI=1S/C18H23NO6/c1-23-17(21)12-6-7-13(18(22)24-2)9-11(8-12)10-14(20)15-4-3-5-16(19)25-15/h6,8-9,15-16H,3-5,7,10,19H2,1-2H3/t15-,16+/m0/s1. The molecular formula is C18H23NO6. The van der Waals surface area contributed by atoms with Gasteiger partial charge in [-0.2, -0.15) is 0 Å². The van der Waals surface area contributed by atoms with Crippen molar-refractivity contribution >= 4 is 17.7 Å². The van der Waals surface area contributed by atoms with Gasteiger partial charge < -0.3 is 19.9 Å². The van der Waals surface area contributed by atoms with Crippen molar-refractivity contribution in [3.63, 3.8) is 0 Å². The molecule has 0 aromatic rings. The van der Waals surface area contributed by atoms with Crippen LogP contribution in [0, 0.1) is 0 Å². The molecule has 0 bridgehead atoms. The number of carbonyl (C=O) groups is 3. The number of hydrogen-bond acceptors (Lipinski definition) is 7. The molecule has 1 heterocycles. The molecule has 2 aliphatic rings. The van der Waals surface area contributed by atoms with Crippen LogP contribution in [-0.4, -0.2) is 44.3 Å². The Morgan fingerprint density at radius 2 is 1.88 bits per heavy atom. The summed E-state index contributed by atoms with van der Waals surface area (Å²) in [6.45, 7) is 0. The van der Waals surface area contributed by atoms with Gasteiger partial charge >= 0.3 is 11.9 Å². The first-order chi connectivity index (χ1) is 11.9. The minimum absolute atomic E-state index is 0.0339. The highest BCUT2D eigenvalue weighted by molar-refractivity contribution is 5.95. The Hall–Kier alpha value is -2.25. The van der Waals surface area contributed by atoms with Crippen molar-refractivity contribution in [2.24, 2.45) is 5.73 Å². The van der Waals surface area contributed by atoms with Crippen LogP contribution in [0.2, 0.25) is 0 Å². The second-order valence-electron chi connectivity index (χ2n) is 5.97. The molecule has 0 amide bonds. The molecule has 2 rings (SSSR count). The van der Waals surface area contributed by atoms with E-state index in [0.717, 1.165) is 12.8 Å². The predicted molar refractivity (Wildman–Crippen MR) is 89.2 cm³/mol. The molecule has 1 fully saturated rings. The van der Waals surface area contributed by atoms with Gasteiger partial charge in [0.1, 0.15) is 12.3 Å². The van der Waals surface area contributed by atoms with E-state index in [0.29, 0.717) is 23.1 Å². The number of methoxy groups -OCH3 is 2. The molecule has 136 valence electrons. The van der Waals surface area contributed by atoms with Crippen molar-refractivity contribution in [1.82, 2.24) is 0 Å². The van der Waals surface area contributed by atoms with Gasteiger partial charge in [0.05, 0.1) is 19.8 Å². The first-order valence-corrected chi connectivity index (χ1v) is 8.16. The predicted octanol–water partition coefficient (Wildman–Crippen LogP) is 1.33. The van der Waals surface area contributed by atoms with Crippen molar-refractivity contribution in [2.75, 3.05) is 14.2 Å². The maximum atomic E-state index is 12.5. The van der Waals surface area contributed by atoms with Crippen LogP contribution in [0.3, 0.4) is 0 Å². The van der Waals surface area contributed by atoms with E-state index in [-0.39, 0.29) is 18.6 Å². The lowest BCUT2D eigenvalue weighted by Gasteiger charge is -2.26. The summed E-state index contributed by atoms with van der Waals surface area (Å²) in [5.74, 6) is -1.16. The quantitative estimate of drug-likeness (QED) is 0.746. The fourth-order valence-corrected chi connectivity index (χ4v) is 2.84. The van der Waals surface area contributed by atoms with Gasteiger partial charge in [0, 0.05) is 12.0 Å². The Bertz CT molecular complexity index is 646. The largest absolute Gasteiger partial charge is 0.466 e. The Balaban J connectivity index is 2.21. The summed E-state index contributed by atoms with van der Waals surface area (Å²) in [4.78, 5) is 36.2. The monoisotopic (exact) mass is 349 g/mol. The zero-order valence-corrected chi connectivity index (χ0v) is 14.4. The third-order valence-electron chi connectivity index (χ3n) is 4.14. The zero-order chi connectivity index (χ0) is 18.4. The van der Waals surface area contributed by atoms with Crippen molar-refractivity contribution in [3.05, 3.63) is 34.9 Å². The number of ketones is 1. The molecule has 0 aromatic heterocycles. The lowest BCUT2D eigenvalue weighted by Crippen LogP contribution is -2.38. The molecule has 1 saturated heterocycles. The molecular weight excluding hydrogens is 326 g/mol. The second kappa shape index (κ2) is 8.73. The zero-order valence-electron chi connectivity index (χ0n) is 14.4. The topological polar surface area (TPSA) is 105 Å². The number of hydrogen-bond donors (Lipinski definition) is 1. The van der Waals surface area contributed by atoms with Crippen LogP contribution in [0.5, 0.6) is 0 Å². The summed E-state index contributed by atoms with van der Waals surface area (Å²) in [6.07, 6.45) is 6.16. The lowest BCUT2D eigenvalue weighted by molar-refractivity contribution is -0.138. The SMILES string of the molecule is COC(=O)C1=CCC(C(=O)OC)=CC(CC(=O)[C@@H]2CCC[C@H](N)O2)=C1. The molecule has 2 atom stereocenters. The summed E-state index contributed by atoms with van der Waals surface area (Å²) in [6, 6.07) is 0. The van der Waals surface area contributed by atoms with Crippen molar-refractivity contribution in [3.8, 4) is 0 Å². The minimum atomic E-state index is -0.562. The van der Waals surface area contributed by atoms with Crippen LogP contribution in [0.25, 0.3) is 0 Å². The van der Waals surface area contributed by atoms with Gasteiger partial charge in [-0.25, -0.2) is 9.59 Å². The first kappa shape index (κ1) is 19.1. The Labute approximate surface area is 146 Å². The van der Waals surface area contributed by atoms with E-state index < -0.39 is 24.3 Å². The van der Waals surface area contributed by atoms with E-state index in [1.807, 2.05) is 0 Å². The molecule has 0 aromatic carbocycles. The molecule has 0 unspecified atom stereocenters. The number of rotatable bonds is 5. The summed E-state index contributed by atoms with van der Waals surface area (Å²) < 4.78 is 15.0. The summed E-state index contributed by atoms with van der Waals surface area (Å²) in [7, 11) is 2.56. The van der Waals surface area contributed by atoms with Crippen molar-refractivity contribution in [2.45, 2.75) is 44.4 Å². The molecule has 1 aliphatic heterocycles. The molecule has 7 nitrogen and oxygen atoms in total. The van der Waals surface area contributed by atoms with Crippen LogP contribution in [-0.2, 0) is 28.6 Å². The third-order valence-corrected chi connectivity index (χ3v) is 4.14. The van der Waals surface area contributed by atoms with Gasteiger partial charge in [-0.1, -0.05) is 6.08 Å². The van der Waals surface area contributed by atoms with Crippen LogP contribution < -0.4 is 5.73 Å². The highest BCUT2D eigenvalue weighted by atomic mass is 16.5. The average molecular weight is 349 g/mol. The molecule has 25 heavy (non-hydrogen) atoms. The van der Waals surface area contributed by atoms with Gasteiger partial charge in [-0.15, -0.1) is 0 Å². The second-order valence-corrected chi connectivity index (χ2v) is 5.97. The van der Waals surface area contributed by atoms with Crippen LogP contribution in [0.15, 0.2) is 34.9 Å². The van der Waals surface area contributed by atoms with Crippen molar-refractivity contribution < 1.29 is 28.6 Å². The highest BCUT2D eigenvalue weighted by Crippen LogP contribution is 2.24. The smallest absolute Gasteiger partial charge is 0.337 e. The van der Waals surface area contributed by atoms with E-state index in [2.05, 4.69) is 0 Å². The average Bonchev–Trinajstić information content (AvgIpc) is 2.83. The molecule has 0 spiro atoms. The van der Waals surface area contributed by atoms with Crippen LogP contribution in [0.4, 0.5) is 0 Å². The summed E-state index contributed by atoms with van der Waals surface area (Å²) >= 11 is 0. The highest BCUT2D eigenvalue weighted by Gasteiger charge is 2.27. The van der Waals surface area contributed by atoms with E-state index in [1.165, 1.54) is 14.2 Å². The normalized spacial score (nSPS) is 23.6. The van der Waals surface area contributed by atoms with Gasteiger partial charge in [-0.3, -0.25) is 4.79 Å². The number of carbonyl (C=O) groups excluding carboxylic acids is 3. The van der Waals surface area contributed by atoms with E-state index in [4.69, 9.17) is 19.9 Å². The van der Waals surface area contributed by atoms with E-state index in [9.17, 15) is 14.4 Å². The summed E-state index contributed by atoms with van der Waals surface area (Å²) in [5.41, 5.74) is 6.93.